The van der Waals surface area contributed by atoms with E-state index in [0.29, 0.717) is 18.5 Å². The maximum Gasteiger partial charge on any atom is 0.324 e. The third-order valence-corrected chi connectivity index (χ3v) is 4.55. The van der Waals surface area contributed by atoms with E-state index in [0.717, 1.165) is 17.7 Å². The van der Waals surface area contributed by atoms with E-state index in [-0.39, 0.29) is 16.5 Å². The number of rotatable bonds is 5. The average Bonchev–Trinajstić information content (AvgIpc) is 2.85. The van der Waals surface area contributed by atoms with Gasteiger partial charge in [-0.25, -0.2) is 0 Å². The molecular weight excluding hydrogens is 252 g/mol. The van der Waals surface area contributed by atoms with Crippen LogP contribution < -0.4 is 5.32 Å². The zero-order valence-corrected chi connectivity index (χ0v) is 11.0. The number of nitrogens with one attached hydrogen (secondary N) is 1. The van der Waals surface area contributed by atoms with Gasteiger partial charge < -0.3 is 10.4 Å². The number of hydrogen-bond acceptors (Lipinski definition) is 5. The minimum Gasteiger partial charge on any atom is -0.396 e. The molecule has 2 N–H and O–H groups in total. The smallest absolute Gasteiger partial charge is 0.324 e. The summed E-state index contributed by atoms with van der Waals surface area (Å²) in [7, 11) is 0. The third-order valence-electron chi connectivity index (χ3n) is 3.51. The third kappa shape index (κ3) is 3.28. The van der Waals surface area contributed by atoms with Crippen molar-refractivity contribution in [2.24, 2.45) is 5.92 Å². The topological polar surface area (TPSA) is 75.4 Å². The highest BCUT2D eigenvalue weighted by Gasteiger charge is 2.24. The van der Waals surface area contributed by atoms with E-state index in [2.05, 4.69) is 5.32 Å². The minimum atomic E-state index is -0.356. The quantitative estimate of drug-likeness (QED) is 0.636. The monoisotopic (exact) mass is 270 g/mol. The largest absolute Gasteiger partial charge is 0.396 e. The van der Waals surface area contributed by atoms with Gasteiger partial charge in [0.25, 0.3) is 0 Å². The van der Waals surface area contributed by atoms with E-state index < -0.39 is 0 Å². The number of aliphatic hydroxyl groups excluding tert-OH is 1. The molecule has 6 heteroatoms. The summed E-state index contributed by atoms with van der Waals surface area (Å²) in [6.45, 7) is 0.877. The second kappa shape index (κ2) is 6.26. The molecule has 0 aromatic carbocycles. The molecule has 0 bridgehead atoms. The first kappa shape index (κ1) is 13.5. The average molecular weight is 270 g/mol. The van der Waals surface area contributed by atoms with Crippen LogP contribution in [0.15, 0.2) is 12.1 Å². The van der Waals surface area contributed by atoms with Crippen LogP contribution in [0, 0.1) is 16.0 Å². The predicted molar refractivity (Wildman–Crippen MR) is 70.6 cm³/mol. The number of nitro groups is 1. The molecular formula is C12H18N2O3S. The lowest BCUT2D eigenvalue weighted by molar-refractivity contribution is -0.380. The summed E-state index contributed by atoms with van der Waals surface area (Å²) in [6, 6.07) is 3.68. The normalized spacial score (nSPS) is 24.1. The van der Waals surface area contributed by atoms with Crippen molar-refractivity contribution in [2.45, 2.75) is 38.3 Å². The van der Waals surface area contributed by atoms with Crippen LogP contribution in [0.5, 0.6) is 0 Å². The Kier molecular flexibility index (Phi) is 4.68. The Morgan fingerprint density at radius 2 is 2.22 bits per heavy atom. The van der Waals surface area contributed by atoms with Gasteiger partial charge in [0.1, 0.15) is 0 Å². The maximum atomic E-state index is 10.6. The summed E-state index contributed by atoms with van der Waals surface area (Å²) in [6.07, 6.45) is 4.53. The molecule has 0 radical (unpaired) electrons. The van der Waals surface area contributed by atoms with Crippen molar-refractivity contribution >= 4 is 16.3 Å². The Labute approximate surface area is 110 Å². The van der Waals surface area contributed by atoms with Gasteiger partial charge in [-0.05, 0) is 24.8 Å². The predicted octanol–water partition coefficient (Wildman–Crippen LogP) is 2.30. The number of hydrogen-bond donors (Lipinski definition) is 2. The van der Waals surface area contributed by atoms with Crippen LogP contribution in [-0.2, 0) is 6.54 Å². The summed E-state index contributed by atoms with van der Waals surface area (Å²) in [4.78, 5) is 11.2. The first-order valence-electron chi connectivity index (χ1n) is 6.28. The molecule has 1 aliphatic rings. The Morgan fingerprint density at radius 1 is 1.44 bits per heavy atom. The van der Waals surface area contributed by atoms with Gasteiger partial charge in [-0.2, -0.15) is 0 Å². The second-order valence-electron chi connectivity index (χ2n) is 4.71. The summed E-state index contributed by atoms with van der Waals surface area (Å²) < 4.78 is 0. The van der Waals surface area contributed by atoms with Crippen molar-refractivity contribution in [3.8, 4) is 0 Å². The van der Waals surface area contributed by atoms with Crippen molar-refractivity contribution < 1.29 is 10.0 Å². The molecule has 2 unspecified atom stereocenters. The first-order chi connectivity index (χ1) is 8.70. The van der Waals surface area contributed by atoms with Crippen molar-refractivity contribution in [1.29, 1.82) is 0 Å². The van der Waals surface area contributed by atoms with Gasteiger partial charge in [-0.3, -0.25) is 10.1 Å². The Balaban J connectivity index is 1.87. The molecule has 1 aromatic rings. The molecule has 2 atom stereocenters. The molecule has 1 fully saturated rings. The molecule has 100 valence electrons. The SMILES string of the molecule is O=[N+]([O-])c1ccc(CNC2CCCCC2CO)s1. The van der Waals surface area contributed by atoms with Gasteiger partial charge in [0, 0.05) is 30.1 Å². The highest BCUT2D eigenvalue weighted by atomic mass is 32.1. The van der Waals surface area contributed by atoms with E-state index >= 15 is 0 Å². The van der Waals surface area contributed by atoms with E-state index in [1.54, 1.807) is 12.1 Å². The van der Waals surface area contributed by atoms with Crippen molar-refractivity contribution in [3.63, 3.8) is 0 Å². The molecule has 0 amide bonds. The van der Waals surface area contributed by atoms with Crippen LogP contribution in [0.25, 0.3) is 0 Å². The molecule has 2 rings (SSSR count). The van der Waals surface area contributed by atoms with E-state index in [4.69, 9.17) is 0 Å². The van der Waals surface area contributed by atoms with E-state index in [1.165, 1.54) is 24.2 Å². The Morgan fingerprint density at radius 3 is 2.89 bits per heavy atom. The molecule has 18 heavy (non-hydrogen) atoms. The zero-order valence-electron chi connectivity index (χ0n) is 10.2. The first-order valence-corrected chi connectivity index (χ1v) is 7.09. The van der Waals surface area contributed by atoms with Gasteiger partial charge in [0.05, 0.1) is 4.92 Å². The molecule has 1 saturated carbocycles. The highest BCUT2D eigenvalue weighted by molar-refractivity contribution is 7.15. The number of aliphatic hydroxyl groups is 1. The van der Waals surface area contributed by atoms with Crippen molar-refractivity contribution in [2.75, 3.05) is 6.61 Å². The van der Waals surface area contributed by atoms with E-state index in [9.17, 15) is 15.2 Å². The molecule has 0 spiro atoms. The van der Waals surface area contributed by atoms with Crippen molar-refractivity contribution in [1.82, 2.24) is 5.32 Å². The standard InChI is InChI=1S/C12H18N2O3S/c15-8-9-3-1-2-4-11(9)13-7-10-5-6-12(18-10)14(16)17/h5-6,9,11,13,15H,1-4,7-8H2. The second-order valence-corrected chi connectivity index (χ2v) is 5.86. The summed E-state index contributed by atoms with van der Waals surface area (Å²) in [5, 5.41) is 23.5. The van der Waals surface area contributed by atoms with Crippen LogP contribution in [0.2, 0.25) is 0 Å². The van der Waals surface area contributed by atoms with E-state index in [1.807, 2.05) is 0 Å². The molecule has 1 aliphatic carbocycles. The Bertz CT molecular complexity index is 408. The molecule has 1 aromatic heterocycles. The van der Waals surface area contributed by atoms with Crippen molar-refractivity contribution in [3.05, 3.63) is 27.1 Å². The zero-order chi connectivity index (χ0) is 13.0. The van der Waals surface area contributed by atoms with Crippen LogP contribution in [0.4, 0.5) is 5.00 Å². The van der Waals surface area contributed by atoms with Crippen LogP contribution in [0.3, 0.4) is 0 Å². The van der Waals surface area contributed by atoms with Crippen LogP contribution >= 0.6 is 11.3 Å². The van der Waals surface area contributed by atoms with Gasteiger partial charge in [0.15, 0.2) is 0 Å². The number of nitrogens with zero attached hydrogens (tertiary/aromatic N) is 1. The lowest BCUT2D eigenvalue weighted by Gasteiger charge is -2.30. The van der Waals surface area contributed by atoms with Crippen LogP contribution in [0.1, 0.15) is 30.6 Å². The molecule has 1 heterocycles. The fourth-order valence-corrected chi connectivity index (χ4v) is 3.26. The molecule has 5 nitrogen and oxygen atoms in total. The van der Waals surface area contributed by atoms with Gasteiger partial charge >= 0.3 is 5.00 Å². The number of thiophene rings is 1. The van der Waals surface area contributed by atoms with Crippen LogP contribution in [-0.4, -0.2) is 22.7 Å². The summed E-state index contributed by atoms with van der Waals surface area (Å²) in [5.74, 6) is 0.327. The maximum absolute atomic E-state index is 10.6. The highest BCUT2D eigenvalue weighted by Crippen LogP contribution is 2.26. The lowest BCUT2D eigenvalue weighted by atomic mass is 9.85. The Hall–Kier alpha value is -0.980. The summed E-state index contributed by atoms with van der Waals surface area (Å²) in [5.41, 5.74) is 0. The molecule has 0 aliphatic heterocycles. The minimum absolute atomic E-state index is 0.189. The fraction of sp³-hybridized carbons (Fsp3) is 0.667. The molecule has 0 saturated heterocycles. The van der Waals surface area contributed by atoms with Gasteiger partial charge in [-0.1, -0.05) is 24.2 Å². The van der Waals surface area contributed by atoms with Gasteiger partial charge in [0.2, 0.25) is 0 Å². The summed E-state index contributed by atoms with van der Waals surface area (Å²) >= 11 is 1.21. The fourth-order valence-electron chi connectivity index (χ4n) is 2.49. The van der Waals surface area contributed by atoms with Gasteiger partial charge in [-0.15, -0.1) is 0 Å². The lowest BCUT2D eigenvalue weighted by Crippen LogP contribution is -2.39.